The van der Waals surface area contributed by atoms with Crippen LogP contribution in [-0.4, -0.2) is 32.8 Å². The minimum Gasteiger partial charge on any atom is -0.465 e. The molecule has 3 aromatic rings. The SMILES string of the molecule is Nc1nc(N)c2nc(-c3ccc(OC4CCCCO4)cc3)c(N)nc2n1. The predicted octanol–water partition coefficient (Wildman–Crippen LogP) is 1.74. The van der Waals surface area contributed by atoms with Gasteiger partial charge < -0.3 is 26.7 Å². The standard InChI is InChI=1S/C17H19N7O2/c18-14-12(21-13-15(19)23-17(20)24-16(13)22-14)9-4-6-10(7-5-9)26-11-3-1-2-8-25-11/h4-7,11H,1-3,8H2,(H6,18,19,20,22,23,24). The van der Waals surface area contributed by atoms with Gasteiger partial charge in [0.05, 0.1) is 6.61 Å². The number of hydrogen-bond donors (Lipinski definition) is 3. The van der Waals surface area contributed by atoms with Crippen molar-refractivity contribution in [1.82, 2.24) is 19.9 Å². The van der Waals surface area contributed by atoms with Gasteiger partial charge in [-0.3, -0.25) is 0 Å². The van der Waals surface area contributed by atoms with Gasteiger partial charge in [0.15, 0.2) is 29.1 Å². The summed E-state index contributed by atoms with van der Waals surface area (Å²) in [5, 5.41) is 0. The molecule has 4 rings (SSSR count). The zero-order valence-corrected chi connectivity index (χ0v) is 14.1. The van der Waals surface area contributed by atoms with Gasteiger partial charge in [0.1, 0.15) is 11.4 Å². The first-order valence-corrected chi connectivity index (χ1v) is 8.35. The molecule has 1 unspecified atom stereocenters. The van der Waals surface area contributed by atoms with Crippen molar-refractivity contribution in [2.45, 2.75) is 25.6 Å². The van der Waals surface area contributed by atoms with Crippen LogP contribution in [0.3, 0.4) is 0 Å². The first-order valence-electron chi connectivity index (χ1n) is 8.35. The molecular weight excluding hydrogens is 334 g/mol. The zero-order chi connectivity index (χ0) is 18.1. The lowest BCUT2D eigenvalue weighted by molar-refractivity contribution is -0.105. The third-order valence-corrected chi connectivity index (χ3v) is 4.14. The van der Waals surface area contributed by atoms with Crippen molar-refractivity contribution < 1.29 is 9.47 Å². The normalized spacial score (nSPS) is 17.3. The van der Waals surface area contributed by atoms with E-state index in [4.69, 9.17) is 26.7 Å². The number of anilines is 3. The second-order valence-electron chi connectivity index (χ2n) is 6.04. The maximum Gasteiger partial charge on any atom is 0.224 e. The van der Waals surface area contributed by atoms with E-state index in [1.54, 1.807) is 0 Å². The topological polar surface area (TPSA) is 148 Å². The maximum atomic E-state index is 6.04. The fraction of sp³-hybridized carbons (Fsp3) is 0.294. The second-order valence-corrected chi connectivity index (χ2v) is 6.04. The monoisotopic (exact) mass is 353 g/mol. The highest BCUT2D eigenvalue weighted by Gasteiger charge is 2.16. The van der Waals surface area contributed by atoms with E-state index in [9.17, 15) is 0 Å². The average Bonchev–Trinajstić information content (AvgIpc) is 2.63. The minimum absolute atomic E-state index is 0.0304. The highest BCUT2D eigenvalue weighted by molar-refractivity contribution is 5.87. The Bertz CT molecular complexity index is 940. The summed E-state index contributed by atoms with van der Waals surface area (Å²) in [5.41, 5.74) is 19.4. The lowest BCUT2D eigenvalue weighted by Crippen LogP contribution is -2.24. The molecule has 1 aliphatic rings. The Balaban J connectivity index is 1.63. The Kier molecular flexibility index (Phi) is 4.13. The molecule has 1 atom stereocenters. The van der Waals surface area contributed by atoms with E-state index in [1.165, 1.54) is 0 Å². The highest BCUT2D eigenvalue weighted by atomic mass is 16.7. The molecule has 2 aromatic heterocycles. The molecule has 9 heteroatoms. The van der Waals surface area contributed by atoms with Crippen molar-refractivity contribution in [3.8, 4) is 17.0 Å². The Labute approximate surface area is 149 Å². The number of hydrogen-bond acceptors (Lipinski definition) is 9. The van der Waals surface area contributed by atoms with Crippen LogP contribution in [0.1, 0.15) is 19.3 Å². The van der Waals surface area contributed by atoms with Gasteiger partial charge in [-0.15, -0.1) is 0 Å². The molecule has 0 aliphatic carbocycles. The van der Waals surface area contributed by atoms with Crippen LogP contribution in [0.15, 0.2) is 24.3 Å². The lowest BCUT2D eigenvalue weighted by atomic mass is 10.1. The molecule has 0 bridgehead atoms. The Hall–Kier alpha value is -3.20. The smallest absolute Gasteiger partial charge is 0.224 e. The van der Waals surface area contributed by atoms with E-state index in [0.29, 0.717) is 11.2 Å². The maximum absolute atomic E-state index is 6.04. The van der Waals surface area contributed by atoms with Crippen LogP contribution >= 0.6 is 0 Å². The number of nitrogens with two attached hydrogens (primary N) is 3. The van der Waals surface area contributed by atoms with Crippen molar-refractivity contribution in [3.05, 3.63) is 24.3 Å². The molecule has 0 amide bonds. The second kappa shape index (κ2) is 6.60. The largest absolute Gasteiger partial charge is 0.465 e. The number of nitrogens with zero attached hydrogens (tertiary/aromatic N) is 4. The molecule has 0 saturated carbocycles. The molecule has 1 aromatic carbocycles. The van der Waals surface area contributed by atoms with Gasteiger partial charge in [0.2, 0.25) is 5.95 Å². The number of nitrogen functional groups attached to an aromatic ring is 3. The zero-order valence-electron chi connectivity index (χ0n) is 14.1. The van der Waals surface area contributed by atoms with Gasteiger partial charge in [0, 0.05) is 12.0 Å². The molecular formula is C17H19N7O2. The van der Waals surface area contributed by atoms with E-state index in [1.807, 2.05) is 24.3 Å². The van der Waals surface area contributed by atoms with Gasteiger partial charge in [0.25, 0.3) is 0 Å². The number of benzene rings is 1. The number of aromatic nitrogens is 4. The summed E-state index contributed by atoms with van der Waals surface area (Å²) in [5.74, 6) is 1.15. The van der Waals surface area contributed by atoms with Crippen molar-refractivity contribution in [1.29, 1.82) is 0 Å². The molecule has 6 N–H and O–H groups in total. The Morgan fingerprint density at radius 1 is 0.923 bits per heavy atom. The third kappa shape index (κ3) is 3.16. The van der Waals surface area contributed by atoms with E-state index < -0.39 is 0 Å². The summed E-state index contributed by atoms with van der Waals surface area (Å²) in [6.45, 7) is 0.736. The van der Waals surface area contributed by atoms with Gasteiger partial charge in [-0.1, -0.05) is 0 Å². The van der Waals surface area contributed by atoms with Crippen LogP contribution < -0.4 is 21.9 Å². The fourth-order valence-electron chi connectivity index (χ4n) is 2.86. The number of ether oxygens (including phenoxy) is 2. The van der Waals surface area contributed by atoms with Gasteiger partial charge in [-0.25, -0.2) is 9.97 Å². The molecule has 0 spiro atoms. The van der Waals surface area contributed by atoms with Crippen LogP contribution in [0.25, 0.3) is 22.4 Å². The molecule has 3 heterocycles. The van der Waals surface area contributed by atoms with Gasteiger partial charge in [-0.2, -0.15) is 9.97 Å². The average molecular weight is 353 g/mol. The van der Waals surface area contributed by atoms with E-state index in [-0.39, 0.29) is 29.5 Å². The molecule has 9 nitrogen and oxygen atoms in total. The Morgan fingerprint density at radius 3 is 2.46 bits per heavy atom. The van der Waals surface area contributed by atoms with Gasteiger partial charge >= 0.3 is 0 Å². The molecule has 26 heavy (non-hydrogen) atoms. The van der Waals surface area contributed by atoms with Crippen molar-refractivity contribution in [2.24, 2.45) is 0 Å². The summed E-state index contributed by atoms with van der Waals surface area (Å²) in [4.78, 5) is 16.6. The third-order valence-electron chi connectivity index (χ3n) is 4.14. The molecule has 1 fully saturated rings. The van der Waals surface area contributed by atoms with Crippen molar-refractivity contribution >= 4 is 28.7 Å². The summed E-state index contributed by atoms with van der Waals surface area (Å²) in [6.07, 6.45) is 2.90. The van der Waals surface area contributed by atoms with Crippen molar-refractivity contribution in [3.63, 3.8) is 0 Å². The van der Waals surface area contributed by atoms with Crippen LogP contribution in [0.4, 0.5) is 17.6 Å². The van der Waals surface area contributed by atoms with E-state index in [2.05, 4.69) is 19.9 Å². The molecule has 1 saturated heterocycles. The lowest BCUT2D eigenvalue weighted by Gasteiger charge is -2.23. The first kappa shape index (κ1) is 16.3. The van der Waals surface area contributed by atoms with Gasteiger partial charge in [-0.05, 0) is 37.1 Å². The van der Waals surface area contributed by atoms with Crippen LogP contribution in [0, 0.1) is 0 Å². The summed E-state index contributed by atoms with van der Waals surface area (Å²) in [6, 6.07) is 7.42. The molecule has 1 aliphatic heterocycles. The highest BCUT2D eigenvalue weighted by Crippen LogP contribution is 2.28. The van der Waals surface area contributed by atoms with Crippen LogP contribution in [-0.2, 0) is 4.74 Å². The summed E-state index contributed by atoms with van der Waals surface area (Å²) >= 11 is 0. The Morgan fingerprint density at radius 2 is 1.73 bits per heavy atom. The minimum atomic E-state index is -0.192. The summed E-state index contributed by atoms with van der Waals surface area (Å²) in [7, 11) is 0. The first-order chi connectivity index (χ1) is 12.6. The number of fused-ring (bicyclic) bond motifs is 1. The van der Waals surface area contributed by atoms with E-state index in [0.717, 1.165) is 37.2 Å². The quantitative estimate of drug-likeness (QED) is 0.640. The summed E-state index contributed by atoms with van der Waals surface area (Å²) < 4.78 is 11.4. The number of rotatable bonds is 3. The molecule has 0 radical (unpaired) electrons. The van der Waals surface area contributed by atoms with Crippen LogP contribution in [0.2, 0.25) is 0 Å². The van der Waals surface area contributed by atoms with E-state index >= 15 is 0 Å². The van der Waals surface area contributed by atoms with Crippen molar-refractivity contribution in [2.75, 3.05) is 23.8 Å². The fourth-order valence-corrected chi connectivity index (χ4v) is 2.86. The van der Waals surface area contributed by atoms with Crippen LogP contribution in [0.5, 0.6) is 5.75 Å². The molecule has 134 valence electrons. The predicted molar refractivity (Wildman–Crippen MR) is 98.0 cm³/mol.